The van der Waals surface area contributed by atoms with Gasteiger partial charge in [0.1, 0.15) is 5.82 Å². The van der Waals surface area contributed by atoms with Gasteiger partial charge < -0.3 is 0 Å². The van der Waals surface area contributed by atoms with Crippen LogP contribution in [0.15, 0.2) is 77.6 Å². The van der Waals surface area contributed by atoms with Crippen LogP contribution in [0.1, 0.15) is 31.2 Å². The Kier molecular flexibility index (Phi) is 6.09. The van der Waals surface area contributed by atoms with Crippen LogP contribution < -0.4 is 5.56 Å². The number of aromatic nitrogens is 8. The van der Waals surface area contributed by atoms with E-state index in [0.717, 1.165) is 69.6 Å². The summed E-state index contributed by atoms with van der Waals surface area (Å²) in [5.74, 6) is 1.53. The van der Waals surface area contributed by atoms with Gasteiger partial charge in [-0.15, -0.1) is 10.2 Å². The summed E-state index contributed by atoms with van der Waals surface area (Å²) in [7, 11) is 0. The molecule has 3 aromatic carbocycles. The van der Waals surface area contributed by atoms with Gasteiger partial charge in [0.2, 0.25) is 5.82 Å². The molecule has 0 spiro atoms. The van der Waals surface area contributed by atoms with Crippen molar-refractivity contribution >= 4 is 11.0 Å². The highest BCUT2D eigenvalue weighted by Crippen LogP contribution is 2.37. The van der Waals surface area contributed by atoms with Crippen molar-refractivity contribution in [1.82, 2.24) is 40.4 Å². The van der Waals surface area contributed by atoms with E-state index in [9.17, 15) is 4.79 Å². The quantitative estimate of drug-likeness (QED) is 0.307. The van der Waals surface area contributed by atoms with E-state index in [2.05, 4.69) is 79.6 Å². The highest BCUT2D eigenvalue weighted by molar-refractivity contribution is 5.88. The highest BCUT2D eigenvalue weighted by Gasteiger charge is 2.21. The van der Waals surface area contributed by atoms with Gasteiger partial charge in [0, 0.05) is 23.6 Å². The summed E-state index contributed by atoms with van der Waals surface area (Å²) in [5, 5.41) is 21.9. The summed E-state index contributed by atoms with van der Waals surface area (Å²) in [5.41, 5.74) is 8.29. The van der Waals surface area contributed by atoms with Crippen LogP contribution in [-0.2, 0) is 6.42 Å². The average molecular weight is 503 g/mol. The van der Waals surface area contributed by atoms with Crippen LogP contribution in [0, 0.1) is 6.92 Å². The molecule has 6 aromatic rings. The first-order valence-electron chi connectivity index (χ1n) is 12.6. The lowest BCUT2D eigenvalue weighted by Gasteiger charge is -2.18. The number of nitrogens with one attached hydrogen (secondary N) is 2. The first-order chi connectivity index (χ1) is 18.6. The maximum Gasteiger partial charge on any atom is 0.264 e. The molecule has 3 aromatic heterocycles. The van der Waals surface area contributed by atoms with E-state index in [0.29, 0.717) is 11.5 Å². The third-order valence-electron chi connectivity index (χ3n) is 6.78. The van der Waals surface area contributed by atoms with Crippen molar-refractivity contribution in [2.24, 2.45) is 0 Å². The number of aryl methyl sites for hydroxylation is 1. The first-order valence-corrected chi connectivity index (χ1v) is 12.6. The molecule has 0 saturated heterocycles. The topological polar surface area (TPSA) is 118 Å². The van der Waals surface area contributed by atoms with Crippen LogP contribution in [0.3, 0.4) is 0 Å². The molecule has 9 heteroatoms. The summed E-state index contributed by atoms with van der Waals surface area (Å²) in [6.07, 6.45) is 2.93. The summed E-state index contributed by atoms with van der Waals surface area (Å²) in [6.45, 7) is 4.28. The zero-order valence-corrected chi connectivity index (χ0v) is 21.1. The molecule has 0 aliphatic rings. The number of nitrogens with zero attached hydrogens (tertiary/aromatic N) is 6. The molecule has 0 atom stereocenters. The van der Waals surface area contributed by atoms with E-state index in [4.69, 9.17) is 4.98 Å². The van der Waals surface area contributed by atoms with Gasteiger partial charge in [-0.1, -0.05) is 55.8 Å². The molecule has 38 heavy (non-hydrogen) atoms. The zero-order valence-electron chi connectivity index (χ0n) is 21.1. The molecular weight excluding hydrogens is 476 g/mol. The summed E-state index contributed by atoms with van der Waals surface area (Å²) in [6, 6.07) is 23.8. The fourth-order valence-electron chi connectivity index (χ4n) is 4.92. The second-order valence-electron chi connectivity index (χ2n) is 9.21. The largest absolute Gasteiger partial charge is 0.296 e. The van der Waals surface area contributed by atoms with Gasteiger partial charge in [-0.2, -0.15) is 10.3 Å². The lowest BCUT2D eigenvalue weighted by atomic mass is 9.94. The van der Waals surface area contributed by atoms with Crippen LogP contribution in [0.5, 0.6) is 0 Å². The van der Waals surface area contributed by atoms with E-state index in [1.54, 1.807) is 6.07 Å². The SMILES string of the molecule is CCCCc1nc2ccc(-c3ccc(=O)[nH]n3)cc2n1-c1ccc(-c2ccccc2)c(-c2nn[nH]n2)c1C. The van der Waals surface area contributed by atoms with Gasteiger partial charge >= 0.3 is 0 Å². The molecule has 0 aliphatic carbocycles. The number of imidazole rings is 1. The molecule has 2 N–H and O–H groups in total. The van der Waals surface area contributed by atoms with Gasteiger partial charge in [-0.05, 0) is 59.5 Å². The number of hydrogen-bond acceptors (Lipinski definition) is 6. The van der Waals surface area contributed by atoms with Crippen molar-refractivity contribution in [3.63, 3.8) is 0 Å². The van der Waals surface area contributed by atoms with Crippen molar-refractivity contribution in [3.05, 3.63) is 94.5 Å². The van der Waals surface area contributed by atoms with Gasteiger partial charge in [-0.3, -0.25) is 9.36 Å². The Labute approximate surface area is 218 Å². The second kappa shape index (κ2) is 9.85. The fourth-order valence-corrected chi connectivity index (χ4v) is 4.92. The van der Waals surface area contributed by atoms with Crippen molar-refractivity contribution in [2.75, 3.05) is 0 Å². The number of aromatic amines is 2. The van der Waals surface area contributed by atoms with Crippen LogP contribution in [0.4, 0.5) is 0 Å². The van der Waals surface area contributed by atoms with Crippen molar-refractivity contribution < 1.29 is 0 Å². The maximum atomic E-state index is 11.6. The van der Waals surface area contributed by atoms with Crippen LogP contribution >= 0.6 is 0 Å². The normalized spacial score (nSPS) is 11.3. The van der Waals surface area contributed by atoms with Gasteiger partial charge in [0.15, 0.2) is 0 Å². The predicted molar refractivity (Wildman–Crippen MR) is 147 cm³/mol. The van der Waals surface area contributed by atoms with Gasteiger partial charge in [0.05, 0.1) is 22.4 Å². The Morgan fingerprint density at radius 1 is 0.921 bits per heavy atom. The third kappa shape index (κ3) is 4.17. The molecule has 0 amide bonds. The van der Waals surface area contributed by atoms with Crippen molar-refractivity contribution in [3.8, 4) is 39.5 Å². The molecule has 3 heterocycles. The Morgan fingerprint density at radius 3 is 2.53 bits per heavy atom. The lowest BCUT2D eigenvalue weighted by molar-refractivity contribution is 0.743. The smallest absolute Gasteiger partial charge is 0.264 e. The van der Waals surface area contributed by atoms with Gasteiger partial charge in [-0.25, -0.2) is 10.1 Å². The molecule has 0 fully saturated rings. The minimum atomic E-state index is -0.232. The number of H-pyrrole nitrogens is 2. The van der Waals surface area contributed by atoms with E-state index >= 15 is 0 Å². The maximum absolute atomic E-state index is 11.6. The minimum absolute atomic E-state index is 0.232. The number of hydrogen-bond donors (Lipinski definition) is 2. The van der Waals surface area contributed by atoms with Gasteiger partial charge in [0.25, 0.3) is 5.56 Å². The van der Waals surface area contributed by atoms with Crippen molar-refractivity contribution in [2.45, 2.75) is 33.1 Å². The minimum Gasteiger partial charge on any atom is -0.296 e. The standard InChI is InChI=1S/C29H26N8O/c1-3-4-10-26-30-23-13-11-20(22-14-16-27(38)32-31-22)17-25(23)37(26)24-15-12-21(19-8-6-5-7-9-19)28(18(24)2)29-33-35-36-34-29/h5-9,11-17H,3-4,10H2,1-2H3,(H,32,38)(H,33,34,35,36). The van der Waals surface area contributed by atoms with Crippen molar-refractivity contribution in [1.29, 1.82) is 0 Å². The van der Waals surface area contributed by atoms with E-state index in [-0.39, 0.29) is 5.56 Å². The Balaban J connectivity index is 1.61. The summed E-state index contributed by atoms with van der Waals surface area (Å²) < 4.78 is 2.23. The zero-order chi connectivity index (χ0) is 26.1. The predicted octanol–water partition coefficient (Wildman–Crippen LogP) is 5.27. The molecule has 0 aliphatic heterocycles. The molecule has 0 unspecified atom stereocenters. The number of tetrazole rings is 1. The Hall–Kier alpha value is -4.92. The van der Waals surface area contributed by atoms with E-state index in [1.807, 2.05) is 30.3 Å². The molecule has 0 saturated carbocycles. The fraction of sp³-hybridized carbons (Fsp3) is 0.172. The van der Waals surface area contributed by atoms with Crippen LogP contribution in [-0.4, -0.2) is 40.4 Å². The Bertz CT molecular complexity index is 1770. The van der Waals surface area contributed by atoms with E-state index in [1.165, 1.54) is 6.07 Å². The molecule has 9 nitrogen and oxygen atoms in total. The van der Waals surface area contributed by atoms with E-state index < -0.39 is 0 Å². The molecule has 6 rings (SSSR count). The first kappa shape index (κ1) is 23.5. The number of unbranched alkanes of at least 4 members (excludes halogenated alkanes) is 1. The highest BCUT2D eigenvalue weighted by atomic mass is 16.1. The lowest BCUT2D eigenvalue weighted by Crippen LogP contribution is -2.06. The third-order valence-corrected chi connectivity index (χ3v) is 6.78. The number of benzene rings is 3. The number of fused-ring (bicyclic) bond motifs is 1. The summed E-state index contributed by atoms with van der Waals surface area (Å²) >= 11 is 0. The molecular formula is C29H26N8O. The molecule has 0 bridgehead atoms. The van der Waals surface area contributed by atoms with Crippen LogP contribution in [0.25, 0.3) is 50.5 Å². The Morgan fingerprint density at radius 2 is 1.79 bits per heavy atom. The number of rotatable bonds is 7. The second-order valence-corrected chi connectivity index (χ2v) is 9.21. The van der Waals surface area contributed by atoms with Crippen LogP contribution in [0.2, 0.25) is 0 Å². The molecule has 0 radical (unpaired) electrons. The average Bonchev–Trinajstić information content (AvgIpc) is 3.60. The molecule has 188 valence electrons. The summed E-state index contributed by atoms with van der Waals surface area (Å²) in [4.78, 5) is 16.6. The monoisotopic (exact) mass is 502 g/mol.